The molecule has 0 saturated carbocycles. The fourth-order valence-corrected chi connectivity index (χ4v) is 7.87. The van der Waals surface area contributed by atoms with Crippen LogP contribution in [0.5, 0.6) is 0 Å². The molecule has 0 aromatic carbocycles. The van der Waals surface area contributed by atoms with E-state index in [1.807, 2.05) is 19.1 Å². The summed E-state index contributed by atoms with van der Waals surface area (Å²) in [5.41, 5.74) is 8.78. The van der Waals surface area contributed by atoms with Gasteiger partial charge in [0.25, 0.3) is 5.91 Å². The third-order valence-corrected chi connectivity index (χ3v) is 9.96. The highest BCUT2D eigenvalue weighted by molar-refractivity contribution is 7.91. The Hall–Kier alpha value is -3.63. The zero-order valence-corrected chi connectivity index (χ0v) is 24.0. The molecule has 0 radical (unpaired) electrons. The van der Waals surface area contributed by atoms with Gasteiger partial charge in [0.05, 0.1) is 17.6 Å². The van der Waals surface area contributed by atoms with Crippen LogP contribution in [0.25, 0.3) is 27.5 Å². The van der Waals surface area contributed by atoms with Crippen LogP contribution in [0.4, 0.5) is 19.0 Å². The van der Waals surface area contributed by atoms with E-state index in [4.69, 9.17) is 10.7 Å². The molecule has 1 amide bonds. The number of nitrogen functional groups attached to an aromatic ring is 1. The van der Waals surface area contributed by atoms with E-state index in [0.29, 0.717) is 35.3 Å². The number of sulfone groups is 1. The number of nitrogens with zero attached hydrogens (tertiary/aromatic N) is 6. The number of aliphatic hydroxyl groups is 1. The summed E-state index contributed by atoms with van der Waals surface area (Å²) in [6.07, 6.45) is -1.06. The number of aromatic nitrogens is 5. The van der Waals surface area contributed by atoms with E-state index in [0.717, 1.165) is 21.0 Å². The standard InChI is InChI=1S/C26H26F3N7O4S2/c1-12-9-32-24(41-12)18-6-3-13(10-31-18)17-11-33-36-22(30)20(42(2,39)40)19(34-23(17)36)14-7-15-4-5-16(8-14)35(15)25(38)21(37)26(27,28)29/h3,6,9-11,14-16,21,37H,4-5,7-8,30H2,1-2H3. The second kappa shape index (κ2) is 9.98. The summed E-state index contributed by atoms with van der Waals surface area (Å²) in [7, 11) is -3.91. The van der Waals surface area contributed by atoms with Crippen LogP contribution >= 0.6 is 11.3 Å². The van der Waals surface area contributed by atoms with Crippen molar-refractivity contribution < 1.29 is 31.5 Å². The maximum atomic E-state index is 13.1. The first kappa shape index (κ1) is 28.5. The molecule has 222 valence electrons. The van der Waals surface area contributed by atoms with Crippen LogP contribution in [0, 0.1) is 6.92 Å². The Labute approximate surface area is 242 Å². The molecule has 6 heterocycles. The molecular formula is C26H26F3N7O4S2. The number of carbonyl (C=O) groups excluding carboxylic acids is 1. The highest BCUT2D eigenvalue weighted by Crippen LogP contribution is 2.46. The Kier molecular flexibility index (Phi) is 6.77. The van der Waals surface area contributed by atoms with Gasteiger partial charge in [-0.3, -0.25) is 9.78 Å². The fourth-order valence-electron chi connectivity index (χ4n) is 6.07. The molecule has 2 aliphatic rings. The number of carbonyl (C=O) groups is 1. The van der Waals surface area contributed by atoms with Crippen molar-refractivity contribution in [1.29, 1.82) is 0 Å². The molecule has 11 nitrogen and oxygen atoms in total. The molecule has 2 fully saturated rings. The van der Waals surface area contributed by atoms with Crippen LogP contribution in [-0.2, 0) is 14.6 Å². The maximum absolute atomic E-state index is 13.1. The number of anilines is 1. The summed E-state index contributed by atoms with van der Waals surface area (Å²) in [6, 6.07) is 2.42. The molecule has 4 aromatic rings. The van der Waals surface area contributed by atoms with E-state index in [9.17, 15) is 31.5 Å². The molecule has 0 spiro atoms. The van der Waals surface area contributed by atoms with E-state index in [2.05, 4.69) is 15.1 Å². The Morgan fingerprint density at radius 3 is 2.38 bits per heavy atom. The summed E-state index contributed by atoms with van der Waals surface area (Å²) in [4.78, 5) is 28.2. The summed E-state index contributed by atoms with van der Waals surface area (Å²) in [5, 5.41) is 14.7. The molecule has 2 saturated heterocycles. The molecule has 3 N–H and O–H groups in total. The SMILES string of the molecule is Cc1cnc(-c2ccc(-c3cnn4c(N)c(S(C)(=O)=O)c(C5CC6CCC(C5)N6C(=O)C(O)C(F)(F)F)nc34)cn2)s1. The maximum Gasteiger partial charge on any atom is 0.423 e. The predicted molar refractivity (Wildman–Crippen MR) is 147 cm³/mol. The fraction of sp³-hybridized carbons (Fsp3) is 0.423. The monoisotopic (exact) mass is 621 g/mol. The van der Waals surface area contributed by atoms with Crippen molar-refractivity contribution in [1.82, 2.24) is 29.5 Å². The largest absolute Gasteiger partial charge is 0.423 e. The third-order valence-electron chi connectivity index (χ3n) is 7.87. The van der Waals surface area contributed by atoms with Gasteiger partial charge in [0.15, 0.2) is 15.5 Å². The minimum absolute atomic E-state index is 0.134. The average Bonchev–Trinajstić information content (AvgIpc) is 3.62. The molecule has 6 rings (SSSR count). The second-order valence-electron chi connectivity index (χ2n) is 10.7. The van der Waals surface area contributed by atoms with Crippen molar-refractivity contribution in [2.24, 2.45) is 0 Å². The van der Waals surface area contributed by atoms with E-state index in [-0.39, 0.29) is 29.2 Å². The Balaban J connectivity index is 1.39. The number of piperidine rings is 1. The zero-order chi connectivity index (χ0) is 30.1. The summed E-state index contributed by atoms with van der Waals surface area (Å²) in [5.74, 6) is -2.03. The number of nitrogens with two attached hydrogens (primary N) is 1. The first-order chi connectivity index (χ1) is 19.7. The number of pyridine rings is 1. The number of rotatable bonds is 5. The van der Waals surface area contributed by atoms with Crippen molar-refractivity contribution in [3.63, 3.8) is 0 Å². The smallest absolute Gasteiger partial charge is 0.382 e. The number of amides is 1. The van der Waals surface area contributed by atoms with Crippen molar-refractivity contribution in [3.8, 4) is 21.8 Å². The van der Waals surface area contributed by atoms with E-state index >= 15 is 0 Å². The Bertz CT molecular complexity index is 1790. The number of hydrogen-bond acceptors (Lipinski definition) is 10. The molecular weight excluding hydrogens is 595 g/mol. The van der Waals surface area contributed by atoms with Crippen LogP contribution in [0.15, 0.2) is 35.6 Å². The molecule has 3 atom stereocenters. The summed E-state index contributed by atoms with van der Waals surface area (Å²) in [6.45, 7) is 1.95. The van der Waals surface area contributed by atoms with Gasteiger partial charge in [-0.05, 0) is 38.7 Å². The van der Waals surface area contributed by atoms with E-state index in [1.165, 1.54) is 22.0 Å². The van der Waals surface area contributed by atoms with Gasteiger partial charge < -0.3 is 15.7 Å². The minimum Gasteiger partial charge on any atom is -0.382 e. The van der Waals surface area contributed by atoms with E-state index in [1.54, 1.807) is 12.4 Å². The lowest BCUT2D eigenvalue weighted by Gasteiger charge is -2.40. The second-order valence-corrected chi connectivity index (χ2v) is 13.9. The molecule has 2 bridgehead atoms. The number of fused-ring (bicyclic) bond motifs is 3. The Morgan fingerprint density at radius 2 is 1.83 bits per heavy atom. The number of hydrogen-bond donors (Lipinski definition) is 2. The van der Waals surface area contributed by atoms with Crippen molar-refractivity contribution in [3.05, 3.63) is 41.3 Å². The lowest BCUT2D eigenvalue weighted by atomic mass is 9.87. The molecule has 16 heteroatoms. The van der Waals surface area contributed by atoms with Crippen molar-refractivity contribution >= 4 is 38.5 Å². The molecule has 4 aromatic heterocycles. The topological polar surface area (TPSA) is 157 Å². The van der Waals surface area contributed by atoms with Gasteiger partial charge in [0, 0.05) is 52.7 Å². The molecule has 3 unspecified atom stereocenters. The minimum atomic E-state index is -5.08. The van der Waals surface area contributed by atoms with E-state index < -0.39 is 46.0 Å². The van der Waals surface area contributed by atoms with Gasteiger partial charge in [-0.25, -0.2) is 18.4 Å². The van der Waals surface area contributed by atoms with Gasteiger partial charge in [0.1, 0.15) is 15.7 Å². The highest BCUT2D eigenvalue weighted by atomic mass is 32.2. The number of thiazole rings is 1. The zero-order valence-electron chi connectivity index (χ0n) is 22.4. The number of halogens is 3. The van der Waals surface area contributed by atoms with Gasteiger partial charge in [-0.15, -0.1) is 11.3 Å². The first-order valence-electron chi connectivity index (χ1n) is 13.1. The normalized spacial score (nSPS) is 21.7. The van der Waals surface area contributed by atoms with Crippen LogP contribution in [0.1, 0.15) is 42.2 Å². The van der Waals surface area contributed by atoms with Crippen LogP contribution < -0.4 is 5.73 Å². The van der Waals surface area contributed by atoms with Gasteiger partial charge in [0.2, 0.25) is 6.10 Å². The lowest BCUT2D eigenvalue weighted by molar-refractivity contribution is -0.212. The molecule has 2 aliphatic heterocycles. The van der Waals surface area contributed by atoms with Crippen LogP contribution in [-0.4, -0.2) is 79.5 Å². The van der Waals surface area contributed by atoms with Crippen LogP contribution in [0.2, 0.25) is 0 Å². The summed E-state index contributed by atoms with van der Waals surface area (Å²) < 4.78 is 66.5. The van der Waals surface area contributed by atoms with Gasteiger partial charge in [-0.2, -0.15) is 22.8 Å². The highest BCUT2D eigenvalue weighted by Gasteiger charge is 2.52. The number of alkyl halides is 3. The third kappa shape index (κ3) is 4.80. The van der Waals surface area contributed by atoms with Gasteiger partial charge in [-0.1, -0.05) is 6.07 Å². The van der Waals surface area contributed by atoms with Crippen molar-refractivity contribution in [2.75, 3.05) is 12.0 Å². The van der Waals surface area contributed by atoms with Gasteiger partial charge >= 0.3 is 6.18 Å². The summed E-state index contributed by atoms with van der Waals surface area (Å²) >= 11 is 1.51. The van der Waals surface area contributed by atoms with Crippen LogP contribution in [0.3, 0.4) is 0 Å². The Morgan fingerprint density at radius 1 is 1.14 bits per heavy atom. The number of aliphatic hydroxyl groups excluding tert-OH is 1. The average molecular weight is 622 g/mol. The predicted octanol–water partition coefficient (Wildman–Crippen LogP) is 3.37. The lowest BCUT2D eigenvalue weighted by Crippen LogP contribution is -2.53. The molecule has 0 aliphatic carbocycles. The number of aryl methyl sites for hydroxylation is 1. The first-order valence-corrected chi connectivity index (χ1v) is 15.8. The quantitative estimate of drug-likeness (QED) is 0.341. The molecule has 42 heavy (non-hydrogen) atoms. The van der Waals surface area contributed by atoms with Crippen molar-refractivity contribution in [2.45, 2.75) is 67.8 Å².